The minimum atomic E-state index is -0.0987. The minimum Gasteiger partial charge on any atom is -0.312 e. The number of nitrogens with one attached hydrogen (secondary N) is 1. The van der Waals surface area contributed by atoms with Crippen LogP contribution >= 0.6 is 0 Å². The maximum atomic E-state index is 14.0. The van der Waals surface area contributed by atoms with Gasteiger partial charge >= 0.3 is 0 Å². The first-order valence-corrected chi connectivity index (χ1v) is 8.25. The number of halogens is 1. The standard InChI is InChI=1S/C18H31FN2/c1-6-18(5,21(8-3)9-4)17(20-7-2)14-15-12-10-11-13-16(15)19/h10-13,17,20H,6-9,14H2,1-5H3. The molecule has 3 heteroatoms. The summed E-state index contributed by atoms with van der Waals surface area (Å²) in [5.41, 5.74) is 0.831. The van der Waals surface area contributed by atoms with Crippen molar-refractivity contribution < 1.29 is 4.39 Å². The molecule has 120 valence electrons. The largest absolute Gasteiger partial charge is 0.312 e. The molecule has 2 nitrogen and oxygen atoms in total. The summed E-state index contributed by atoms with van der Waals surface area (Å²) in [6, 6.07) is 7.37. The smallest absolute Gasteiger partial charge is 0.126 e. The summed E-state index contributed by atoms with van der Waals surface area (Å²) in [5.74, 6) is -0.0987. The van der Waals surface area contributed by atoms with Crippen molar-refractivity contribution in [2.24, 2.45) is 0 Å². The Morgan fingerprint density at radius 2 is 1.76 bits per heavy atom. The highest BCUT2D eigenvalue weighted by Gasteiger charge is 2.36. The van der Waals surface area contributed by atoms with Gasteiger partial charge in [0.2, 0.25) is 0 Å². The highest BCUT2D eigenvalue weighted by atomic mass is 19.1. The SMILES string of the molecule is CCNC(Cc1ccccc1F)C(C)(CC)N(CC)CC. The summed E-state index contributed by atoms with van der Waals surface area (Å²) < 4.78 is 14.0. The molecule has 0 spiro atoms. The fourth-order valence-corrected chi connectivity index (χ4v) is 3.28. The molecule has 0 aliphatic rings. The molecule has 0 fully saturated rings. The molecule has 0 saturated carbocycles. The summed E-state index contributed by atoms with van der Waals surface area (Å²) in [6.07, 6.45) is 1.77. The van der Waals surface area contributed by atoms with E-state index in [-0.39, 0.29) is 17.4 Å². The first-order valence-electron chi connectivity index (χ1n) is 8.25. The third-order valence-electron chi connectivity index (χ3n) is 4.78. The maximum Gasteiger partial charge on any atom is 0.126 e. The lowest BCUT2D eigenvalue weighted by Gasteiger charge is -2.46. The van der Waals surface area contributed by atoms with E-state index in [1.54, 1.807) is 12.1 Å². The highest BCUT2D eigenvalue weighted by molar-refractivity contribution is 5.20. The average molecular weight is 294 g/mol. The molecule has 0 saturated heterocycles. The molecular weight excluding hydrogens is 263 g/mol. The number of rotatable bonds is 9. The number of hydrogen-bond donors (Lipinski definition) is 1. The van der Waals surface area contributed by atoms with Gasteiger partial charge in [0, 0.05) is 11.6 Å². The van der Waals surface area contributed by atoms with Crippen molar-refractivity contribution in [3.63, 3.8) is 0 Å². The third-order valence-corrected chi connectivity index (χ3v) is 4.78. The van der Waals surface area contributed by atoms with E-state index in [1.807, 2.05) is 12.1 Å². The van der Waals surface area contributed by atoms with E-state index in [0.29, 0.717) is 0 Å². The van der Waals surface area contributed by atoms with Gasteiger partial charge in [-0.15, -0.1) is 0 Å². The normalized spacial score (nSPS) is 16.0. The van der Waals surface area contributed by atoms with Gasteiger partial charge < -0.3 is 5.32 Å². The van der Waals surface area contributed by atoms with Gasteiger partial charge in [-0.1, -0.05) is 45.9 Å². The van der Waals surface area contributed by atoms with Crippen molar-refractivity contribution in [3.8, 4) is 0 Å². The summed E-state index contributed by atoms with van der Waals surface area (Å²) >= 11 is 0. The molecule has 0 aliphatic carbocycles. The monoisotopic (exact) mass is 294 g/mol. The van der Waals surface area contributed by atoms with Crippen LogP contribution in [0.2, 0.25) is 0 Å². The van der Waals surface area contributed by atoms with Crippen LogP contribution in [0.15, 0.2) is 24.3 Å². The fourth-order valence-electron chi connectivity index (χ4n) is 3.28. The Morgan fingerprint density at radius 3 is 2.24 bits per heavy atom. The van der Waals surface area contributed by atoms with Gasteiger partial charge in [-0.3, -0.25) is 4.90 Å². The summed E-state index contributed by atoms with van der Waals surface area (Å²) in [6.45, 7) is 14.0. The molecule has 1 N–H and O–H groups in total. The van der Waals surface area contributed by atoms with Gasteiger partial charge in [-0.2, -0.15) is 0 Å². The topological polar surface area (TPSA) is 15.3 Å². The molecule has 1 aromatic carbocycles. The van der Waals surface area contributed by atoms with E-state index < -0.39 is 0 Å². The van der Waals surface area contributed by atoms with Gasteiger partial charge in [0.15, 0.2) is 0 Å². The second-order valence-electron chi connectivity index (χ2n) is 5.79. The first kappa shape index (κ1) is 18.1. The van der Waals surface area contributed by atoms with Crippen molar-refractivity contribution >= 4 is 0 Å². The molecule has 0 radical (unpaired) electrons. The predicted molar refractivity (Wildman–Crippen MR) is 89.2 cm³/mol. The Bertz CT molecular complexity index is 417. The average Bonchev–Trinajstić information content (AvgIpc) is 2.49. The molecule has 1 rings (SSSR count). The van der Waals surface area contributed by atoms with E-state index in [4.69, 9.17) is 0 Å². The minimum absolute atomic E-state index is 0.0296. The molecule has 1 aromatic rings. The van der Waals surface area contributed by atoms with E-state index in [1.165, 1.54) is 0 Å². The van der Waals surface area contributed by atoms with Crippen LogP contribution in [0.5, 0.6) is 0 Å². The van der Waals surface area contributed by atoms with Crippen LogP contribution < -0.4 is 5.32 Å². The molecule has 2 unspecified atom stereocenters. The molecule has 2 atom stereocenters. The van der Waals surface area contributed by atoms with E-state index >= 15 is 0 Å². The van der Waals surface area contributed by atoms with Crippen LogP contribution in [-0.4, -0.2) is 36.1 Å². The van der Waals surface area contributed by atoms with E-state index in [9.17, 15) is 4.39 Å². The number of hydrogen-bond acceptors (Lipinski definition) is 2. The molecule has 0 aliphatic heterocycles. The van der Waals surface area contributed by atoms with Crippen molar-refractivity contribution in [2.45, 2.75) is 59.0 Å². The second kappa shape index (κ2) is 8.50. The Kier molecular flexibility index (Phi) is 7.33. The van der Waals surface area contributed by atoms with Crippen LogP contribution in [0.3, 0.4) is 0 Å². The van der Waals surface area contributed by atoms with Gasteiger partial charge in [-0.05, 0) is 51.0 Å². The summed E-state index contributed by atoms with van der Waals surface area (Å²) in [5, 5.41) is 3.59. The Hall–Kier alpha value is -0.930. The van der Waals surface area contributed by atoms with Crippen LogP contribution in [0.4, 0.5) is 4.39 Å². The quantitative estimate of drug-likeness (QED) is 0.744. The molecule has 21 heavy (non-hydrogen) atoms. The summed E-state index contributed by atoms with van der Waals surface area (Å²) in [7, 11) is 0. The lowest BCUT2D eigenvalue weighted by Crippen LogP contribution is -2.60. The predicted octanol–water partition coefficient (Wildman–Crippen LogP) is 3.86. The third kappa shape index (κ3) is 4.27. The molecular formula is C18H31FN2. The van der Waals surface area contributed by atoms with Crippen LogP contribution in [0, 0.1) is 5.82 Å². The molecule has 0 aromatic heterocycles. The number of benzene rings is 1. The van der Waals surface area contributed by atoms with Crippen molar-refractivity contribution in [1.29, 1.82) is 0 Å². The van der Waals surface area contributed by atoms with E-state index in [2.05, 4.69) is 44.8 Å². The molecule has 0 bridgehead atoms. The van der Waals surface area contributed by atoms with Gasteiger partial charge in [0.05, 0.1) is 0 Å². The zero-order valence-corrected chi connectivity index (χ0v) is 14.2. The number of nitrogens with zero attached hydrogens (tertiary/aromatic N) is 1. The lowest BCUT2D eigenvalue weighted by atomic mass is 9.83. The van der Waals surface area contributed by atoms with Crippen molar-refractivity contribution in [1.82, 2.24) is 10.2 Å². The Balaban J connectivity index is 3.05. The first-order chi connectivity index (χ1) is 10.0. The fraction of sp³-hybridized carbons (Fsp3) is 0.667. The van der Waals surface area contributed by atoms with Crippen LogP contribution in [-0.2, 0) is 6.42 Å². The van der Waals surface area contributed by atoms with Gasteiger partial charge in [-0.25, -0.2) is 4.39 Å². The van der Waals surface area contributed by atoms with Crippen LogP contribution in [0.25, 0.3) is 0 Å². The van der Waals surface area contributed by atoms with E-state index in [0.717, 1.165) is 38.0 Å². The maximum absolute atomic E-state index is 14.0. The van der Waals surface area contributed by atoms with Gasteiger partial charge in [0.1, 0.15) is 5.82 Å². The van der Waals surface area contributed by atoms with Crippen molar-refractivity contribution in [3.05, 3.63) is 35.6 Å². The molecule has 0 heterocycles. The van der Waals surface area contributed by atoms with Crippen LogP contribution in [0.1, 0.15) is 46.6 Å². The molecule has 0 amide bonds. The Morgan fingerprint density at radius 1 is 1.14 bits per heavy atom. The zero-order valence-electron chi connectivity index (χ0n) is 14.2. The second-order valence-corrected chi connectivity index (χ2v) is 5.79. The highest BCUT2D eigenvalue weighted by Crippen LogP contribution is 2.26. The number of likely N-dealkylation sites (N-methyl/N-ethyl adjacent to an activating group) is 2. The summed E-state index contributed by atoms with van der Waals surface area (Å²) in [4.78, 5) is 2.49. The lowest BCUT2D eigenvalue weighted by molar-refractivity contribution is 0.0704. The van der Waals surface area contributed by atoms with Crippen molar-refractivity contribution in [2.75, 3.05) is 19.6 Å². The zero-order chi connectivity index (χ0) is 15.9. The van der Waals surface area contributed by atoms with Gasteiger partial charge in [0.25, 0.3) is 0 Å². The Labute approximate surface area is 129 Å².